The van der Waals surface area contributed by atoms with Crippen molar-refractivity contribution < 1.29 is 14.3 Å². The van der Waals surface area contributed by atoms with Crippen molar-refractivity contribution in [2.24, 2.45) is 0 Å². The van der Waals surface area contributed by atoms with Crippen LogP contribution in [-0.4, -0.2) is 29.1 Å². The van der Waals surface area contributed by atoms with E-state index in [1.165, 1.54) is 6.26 Å². The van der Waals surface area contributed by atoms with Crippen molar-refractivity contribution in [2.75, 3.05) is 18.0 Å². The maximum absolute atomic E-state index is 10.6. The lowest BCUT2D eigenvalue weighted by Crippen LogP contribution is -2.24. The Morgan fingerprint density at radius 2 is 2.33 bits per heavy atom. The average molecular weight is 212 g/mol. The van der Waals surface area contributed by atoms with Gasteiger partial charge < -0.3 is 14.4 Å². The third-order valence-electron chi connectivity index (χ3n) is 2.15. The van der Waals surface area contributed by atoms with Gasteiger partial charge in [-0.2, -0.15) is 4.98 Å². The minimum Gasteiger partial charge on any atom is -0.476 e. The Labute approximate surface area is 88.7 Å². The molecule has 0 bridgehead atoms. The third-order valence-corrected chi connectivity index (χ3v) is 2.15. The highest BCUT2D eigenvalue weighted by atomic mass is 16.4. The van der Waals surface area contributed by atoms with E-state index in [4.69, 9.17) is 9.52 Å². The van der Waals surface area contributed by atoms with Gasteiger partial charge in [0.2, 0.25) is 0 Å². The molecule has 1 N–H and O–H groups in total. The first kappa shape index (κ1) is 11.6. The minimum absolute atomic E-state index is 0.0417. The second kappa shape index (κ2) is 5.38. The molecule has 5 heteroatoms. The van der Waals surface area contributed by atoms with Gasteiger partial charge in [-0.05, 0) is 13.3 Å². The fourth-order valence-corrected chi connectivity index (χ4v) is 1.25. The van der Waals surface area contributed by atoms with Crippen LogP contribution in [0.3, 0.4) is 0 Å². The highest BCUT2D eigenvalue weighted by Gasteiger charge is 2.14. The zero-order valence-electron chi connectivity index (χ0n) is 9.06. The molecule has 1 rings (SSSR count). The number of carboxylic acids is 1. The molecule has 0 amide bonds. The van der Waals surface area contributed by atoms with Crippen molar-refractivity contribution in [3.63, 3.8) is 0 Å². The van der Waals surface area contributed by atoms with Crippen LogP contribution in [0.25, 0.3) is 0 Å². The second-order valence-corrected chi connectivity index (χ2v) is 3.25. The lowest BCUT2D eigenvalue weighted by Gasteiger charge is -2.17. The first-order chi connectivity index (χ1) is 7.19. The zero-order chi connectivity index (χ0) is 11.3. The molecule has 0 atom stereocenters. The summed E-state index contributed by atoms with van der Waals surface area (Å²) in [6.45, 7) is 5.69. The van der Waals surface area contributed by atoms with E-state index in [2.05, 4.69) is 11.9 Å². The Morgan fingerprint density at radius 3 is 2.80 bits per heavy atom. The van der Waals surface area contributed by atoms with E-state index < -0.39 is 5.97 Å². The number of oxazole rings is 1. The molecule has 84 valence electrons. The van der Waals surface area contributed by atoms with Gasteiger partial charge >= 0.3 is 5.97 Å². The lowest BCUT2D eigenvalue weighted by atomic mass is 10.3. The summed E-state index contributed by atoms with van der Waals surface area (Å²) < 4.78 is 5.11. The maximum atomic E-state index is 10.6. The smallest absolute Gasteiger partial charge is 0.357 e. The number of anilines is 1. The number of hydrogen-bond acceptors (Lipinski definition) is 4. The number of hydrogen-bond donors (Lipinski definition) is 1. The van der Waals surface area contributed by atoms with Crippen molar-refractivity contribution in [3.05, 3.63) is 12.0 Å². The Hall–Kier alpha value is -1.52. The van der Waals surface area contributed by atoms with E-state index in [0.29, 0.717) is 6.01 Å². The van der Waals surface area contributed by atoms with Crippen molar-refractivity contribution in [3.8, 4) is 0 Å². The van der Waals surface area contributed by atoms with E-state index in [1.807, 2.05) is 11.8 Å². The average Bonchev–Trinajstić information content (AvgIpc) is 2.68. The Balaban J connectivity index is 2.69. The fourth-order valence-electron chi connectivity index (χ4n) is 1.25. The number of aromatic nitrogens is 1. The van der Waals surface area contributed by atoms with Gasteiger partial charge in [-0.1, -0.05) is 13.3 Å². The van der Waals surface area contributed by atoms with Gasteiger partial charge in [0.05, 0.1) is 0 Å². The third kappa shape index (κ3) is 2.97. The first-order valence-corrected chi connectivity index (χ1v) is 5.12. The normalized spacial score (nSPS) is 10.3. The molecule has 0 radical (unpaired) electrons. The standard InChI is InChI=1S/C10H16N2O3/c1-3-5-6-12(4-2)10-11-8(7-15-10)9(13)14/h7H,3-6H2,1-2H3,(H,13,14). The quantitative estimate of drug-likeness (QED) is 0.781. The topological polar surface area (TPSA) is 66.6 Å². The molecule has 1 aromatic heterocycles. The summed E-state index contributed by atoms with van der Waals surface area (Å²) in [6.07, 6.45) is 3.30. The minimum atomic E-state index is -1.06. The number of carboxylic acid groups (broad SMARTS) is 1. The molecule has 1 heterocycles. The molecule has 0 spiro atoms. The van der Waals surface area contributed by atoms with Crippen LogP contribution in [0.5, 0.6) is 0 Å². The summed E-state index contributed by atoms with van der Waals surface area (Å²) in [5, 5.41) is 8.69. The molecular formula is C10H16N2O3. The van der Waals surface area contributed by atoms with Crippen LogP contribution < -0.4 is 4.90 Å². The zero-order valence-corrected chi connectivity index (χ0v) is 9.06. The number of carbonyl (C=O) groups is 1. The lowest BCUT2D eigenvalue weighted by molar-refractivity contribution is 0.0690. The Morgan fingerprint density at radius 1 is 1.60 bits per heavy atom. The predicted octanol–water partition coefficient (Wildman–Crippen LogP) is 2.00. The van der Waals surface area contributed by atoms with Crippen LogP contribution in [-0.2, 0) is 0 Å². The van der Waals surface area contributed by atoms with Gasteiger partial charge in [0.1, 0.15) is 6.26 Å². The molecule has 0 saturated carbocycles. The summed E-state index contributed by atoms with van der Waals surface area (Å²) in [5.41, 5.74) is -0.0417. The summed E-state index contributed by atoms with van der Waals surface area (Å²) in [4.78, 5) is 16.4. The molecule has 1 aromatic rings. The molecule has 0 aliphatic carbocycles. The van der Waals surface area contributed by atoms with Crippen LogP contribution >= 0.6 is 0 Å². The molecule has 0 aromatic carbocycles. The van der Waals surface area contributed by atoms with E-state index in [1.54, 1.807) is 0 Å². The monoisotopic (exact) mass is 212 g/mol. The highest BCUT2D eigenvalue weighted by molar-refractivity contribution is 5.85. The van der Waals surface area contributed by atoms with Gasteiger partial charge in [-0.25, -0.2) is 4.79 Å². The molecule has 0 aliphatic rings. The predicted molar refractivity (Wildman–Crippen MR) is 56.3 cm³/mol. The van der Waals surface area contributed by atoms with Gasteiger partial charge in [0.15, 0.2) is 5.69 Å². The van der Waals surface area contributed by atoms with Gasteiger partial charge in [-0.15, -0.1) is 0 Å². The van der Waals surface area contributed by atoms with E-state index in [9.17, 15) is 4.79 Å². The van der Waals surface area contributed by atoms with Crippen molar-refractivity contribution >= 4 is 12.0 Å². The van der Waals surface area contributed by atoms with Crippen LogP contribution in [0.1, 0.15) is 37.2 Å². The van der Waals surface area contributed by atoms with Crippen LogP contribution in [0.4, 0.5) is 6.01 Å². The maximum Gasteiger partial charge on any atom is 0.357 e. The fraction of sp³-hybridized carbons (Fsp3) is 0.600. The van der Waals surface area contributed by atoms with E-state index >= 15 is 0 Å². The van der Waals surface area contributed by atoms with Gasteiger partial charge in [0, 0.05) is 13.1 Å². The Kier molecular flexibility index (Phi) is 4.15. The summed E-state index contributed by atoms with van der Waals surface area (Å²) in [5.74, 6) is -1.06. The van der Waals surface area contributed by atoms with Gasteiger partial charge in [-0.3, -0.25) is 0 Å². The number of rotatable bonds is 6. The van der Waals surface area contributed by atoms with E-state index in [-0.39, 0.29) is 5.69 Å². The number of nitrogens with zero attached hydrogens (tertiary/aromatic N) is 2. The number of aromatic carboxylic acids is 1. The number of unbranched alkanes of at least 4 members (excludes halogenated alkanes) is 1. The summed E-state index contributed by atoms with van der Waals surface area (Å²) in [6, 6.07) is 0.392. The largest absolute Gasteiger partial charge is 0.476 e. The SMILES string of the molecule is CCCCN(CC)c1nc(C(=O)O)co1. The van der Waals surface area contributed by atoms with Gasteiger partial charge in [0.25, 0.3) is 6.01 Å². The second-order valence-electron chi connectivity index (χ2n) is 3.25. The summed E-state index contributed by atoms with van der Waals surface area (Å²) in [7, 11) is 0. The van der Waals surface area contributed by atoms with Crippen LogP contribution in [0.15, 0.2) is 10.7 Å². The van der Waals surface area contributed by atoms with Crippen LogP contribution in [0, 0.1) is 0 Å². The molecule has 0 aliphatic heterocycles. The van der Waals surface area contributed by atoms with E-state index in [0.717, 1.165) is 25.9 Å². The summed E-state index contributed by atoms with van der Waals surface area (Å²) >= 11 is 0. The first-order valence-electron chi connectivity index (χ1n) is 5.12. The molecule has 15 heavy (non-hydrogen) atoms. The molecule has 0 saturated heterocycles. The highest BCUT2D eigenvalue weighted by Crippen LogP contribution is 2.14. The molecule has 0 fully saturated rings. The molecule has 5 nitrogen and oxygen atoms in total. The molecular weight excluding hydrogens is 196 g/mol. The van der Waals surface area contributed by atoms with Crippen molar-refractivity contribution in [1.82, 2.24) is 4.98 Å². The van der Waals surface area contributed by atoms with Crippen molar-refractivity contribution in [2.45, 2.75) is 26.7 Å². The van der Waals surface area contributed by atoms with Crippen LogP contribution in [0.2, 0.25) is 0 Å². The van der Waals surface area contributed by atoms with Crippen molar-refractivity contribution in [1.29, 1.82) is 0 Å². The Bertz CT molecular complexity index is 322. The molecule has 0 unspecified atom stereocenters.